The molecular weight excluding hydrogens is 240 g/mol. The molecule has 0 aliphatic carbocycles. The molecule has 0 aliphatic heterocycles. The van der Waals surface area contributed by atoms with E-state index in [0.717, 1.165) is 18.7 Å². The molecule has 0 amide bonds. The fourth-order valence-electron chi connectivity index (χ4n) is 1.46. The first-order chi connectivity index (χ1) is 8.09. The SMILES string of the molecule is CCCn1cncc1CNCCS(=O)(=O)NC. The molecule has 98 valence electrons. The molecule has 0 aromatic carbocycles. The number of imidazole rings is 1. The number of nitrogens with one attached hydrogen (secondary N) is 2. The largest absolute Gasteiger partial charge is 0.333 e. The van der Waals surface area contributed by atoms with E-state index in [2.05, 4.69) is 26.5 Å². The molecule has 0 saturated carbocycles. The van der Waals surface area contributed by atoms with Crippen molar-refractivity contribution < 1.29 is 8.42 Å². The molecule has 0 bridgehead atoms. The average Bonchev–Trinajstić information content (AvgIpc) is 2.73. The van der Waals surface area contributed by atoms with Gasteiger partial charge in [-0.3, -0.25) is 0 Å². The van der Waals surface area contributed by atoms with Gasteiger partial charge in [-0.25, -0.2) is 18.1 Å². The van der Waals surface area contributed by atoms with E-state index in [9.17, 15) is 8.42 Å². The highest BCUT2D eigenvalue weighted by Crippen LogP contribution is 2.00. The van der Waals surface area contributed by atoms with E-state index in [1.807, 2.05) is 0 Å². The summed E-state index contributed by atoms with van der Waals surface area (Å²) in [6, 6.07) is 0. The van der Waals surface area contributed by atoms with Gasteiger partial charge in [-0.05, 0) is 13.5 Å². The minimum atomic E-state index is -3.12. The minimum Gasteiger partial charge on any atom is -0.333 e. The van der Waals surface area contributed by atoms with Crippen LogP contribution in [0.3, 0.4) is 0 Å². The third-order valence-corrected chi connectivity index (χ3v) is 3.79. The fraction of sp³-hybridized carbons (Fsp3) is 0.700. The molecule has 2 N–H and O–H groups in total. The Morgan fingerprint density at radius 2 is 2.24 bits per heavy atom. The number of nitrogens with zero attached hydrogens (tertiary/aromatic N) is 2. The maximum absolute atomic E-state index is 11.2. The normalized spacial score (nSPS) is 11.9. The van der Waals surface area contributed by atoms with Crippen LogP contribution in [0, 0.1) is 0 Å². The van der Waals surface area contributed by atoms with Gasteiger partial charge >= 0.3 is 0 Å². The van der Waals surface area contributed by atoms with Crippen LogP contribution in [0.5, 0.6) is 0 Å². The van der Waals surface area contributed by atoms with Crippen molar-refractivity contribution in [2.24, 2.45) is 0 Å². The van der Waals surface area contributed by atoms with Crippen molar-refractivity contribution in [1.82, 2.24) is 19.6 Å². The predicted octanol–water partition coefficient (Wildman–Crippen LogP) is -0.0681. The van der Waals surface area contributed by atoms with E-state index >= 15 is 0 Å². The Hall–Kier alpha value is -0.920. The monoisotopic (exact) mass is 260 g/mol. The van der Waals surface area contributed by atoms with Crippen LogP contribution < -0.4 is 10.0 Å². The van der Waals surface area contributed by atoms with Crippen molar-refractivity contribution in [1.29, 1.82) is 0 Å². The number of rotatable bonds is 8. The Morgan fingerprint density at radius 3 is 2.88 bits per heavy atom. The molecule has 0 saturated heterocycles. The molecule has 0 unspecified atom stereocenters. The molecule has 6 nitrogen and oxygen atoms in total. The Kier molecular flexibility index (Phi) is 5.60. The second-order valence-electron chi connectivity index (χ2n) is 3.78. The zero-order valence-electron chi connectivity index (χ0n) is 10.3. The quantitative estimate of drug-likeness (QED) is 0.642. The molecule has 1 aromatic rings. The lowest BCUT2D eigenvalue weighted by Crippen LogP contribution is -2.29. The molecule has 17 heavy (non-hydrogen) atoms. The first-order valence-corrected chi connectivity index (χ1v) is 7.35. The van der Waals surface area contributed by atoms with Gasteiger partial charge in [-0.2, -0.15) is 0 Å². The molecule has 7 heteroatoms. The molecule has 1 aromatic heterocycles. The van der Waals surface area contributed by atoms with Crippen molar-refractivity contribution in [2.45, 2.75) is 26.4 Å². The third kappa shape index (κ3) is 4.84. The van der Waals surface area contributed by atoms with Gasteiger partial charge in [0, 0.05) is 25.8 Å². The van der Waals surface area contributed by atoms with E-state index in [1.54, 1.807) is 12.5 Å². The number of hydrogen-bond acceptors (Lipinski definition) is 4. The van der Waals surface area contributed by atoms with Gasteiger partial charge in [0.2, 0.25) is 10.0 Å². The fourth-order valence-corrected chi connectivity index (χ4v) is 2.08. The summed E-state index contributed by atoms with van der Waals surface area (Å²) in [6.45, 7) is 4.11. The molecule has 0 aliphatic rings. The summed E-state index contributed by atoms with van der Waals surface area (Å²) in [5.74, 6) is 0.0887. The summed E-state index contributed by atoms with van der Waals surface area (Å²) in [5, 5.41) is 3.10. The highest BCUT2D eigenvalue weighted by molar-refractivity contribution is 7.89. The Balaban J connectivity index is 2.33. The summed E-state index contributed by atoms with van der Waals surface area (Å²) < 4.78 is 26.7. The molecule has 0 spiro atoms. The lowest BCUT2D eigenvalue weighted by molar-refractivity contribution is 0.578. The van der Waals surface area contributed by atoms with Crippen LogP contribution in [0.1, 0.15) is 19.0 Å². The van der Waals surface area contributed by atoms with E-state index in [0.29, 0.717) is 13.1 Å². The minimum absolute atomic E-state index is 0.0887. The van der Waals surface area contributed by atoms with Crippen LogP contribution in [-0.4, -0.2) is 37.3 Å². The third-order valence-electron chi connectivity index (χ3n) is 2.43. The summed E-state index contributed by atoms with van der Waals surface area (Å²) in [4.78, 5) is 4.08. The van der Waals surface area contributed by atoms with Crippen molar-refractivity contribution >= 4 is 10.0 Å². The maximum Gasteiger partial charge on any atom is 0.212 e. The van der Waals surface area contributed by atoms with Gasteiger partial charge in [-0.1, -0.05) is 6.92 Å². The molecule has 0 fully saturated rings. The van der Waals surface area contributed by atoms with Crippen molar-refractivity contribution in [3.05, 3.63) is 18.2 Å². The van der Waals surface area contributed by atoms with Gasteiger partial charge < -0.3 is 9.88 Å². The molecular formula is C10H20N4O2S. The van der Waals surface area contributed by atoms with Crippen molar-refractivity contribution in [3.63, 3.8) is 0 Å². The molecule has 1 heterocycles. The second kappa shape index (κ2) is 6.73. The number of aryl methyl sites for hydroxylation is 1. The lowest BCUT2D eigenvalue weighted by atomic mass is 10.4. The average molecular weight is 260 g/mol. The van der Waals surface area contributed by atoms with Gasteiger partial charge in [0.05, 0.1) is 17.8 Å². The van der Waals surface area contributed by atoms with E-state index in [4.69, 9.17) is 0 Å². The highest BCUT2D eigenvalue weighted by atomic mass is 32.2. The van der Waals surface area contributed by atoms with Crippen LogP contribution in [-0.2, 0) is 23.1 Å². The summed E-state index contributed by atoms with van der Waals surface area (Å²) in [6.07, 6.45) is 4.65. The Bertz CT molecular complexity index is 427. The van der Waals surface area contributed by atoms with Crippen LogP contribution in [0.15, 0.2) is 12.5 Å². The standard InChI is InChI=1S/C10H20N4O2S/c1-3-5-14-9-13-8-10(14)7-12-4-6-17(15,16)11-2/h8-9,11-12H,3-7H2,1-2H3. The van der Waals surface area contributed by atoms with Gasteiger partial charge in [0.25, 0.3) is 0 Å². The highest BCUT2D eigenvalue weighted by Gasteiger charge is 2.06. The smallest absolute Gasteiger partial charge is 0.212 e. The Morgan fingerprint density at radius 1 is 1.47 bits per heavy atom. The number of sulfonamides is 1. The second-order valence-corrected chi connectivity index (χ2v) is 5.82. The molecule has 0 radical (unpaired) electrons. The van der Waals surface area contributed by atoms with Crippen molar-refractivity contribution in [2.75, 3.05) is 19.3 Å². The summed E-state index contributed by atoms with van der Waals surface area (Å²) >= 11 is 0. The maximum atomic E-state index is 11.2. The van der Waals surface area contributed by atoms with Crippen LogP contribution in [0.25, 0.3) is 0 Å². The number of aromatic nitrogens is 2. The van der Waals surface area contributed by atoms with E-state index in [-0.39, 0.29) is 5.75 Å². The predicted molar refractivity (Wildman–Crippen MR) is 67.1 cm³/mol. The van der Waals surface area contributed by atoms with Gasteiger partial charge in [0.1, 0.15) is 0 Å². The van der Waals surface area contributed by atoms with Crippen LogP contribution in [0.4, 0.5) is 0 Å². The zero-order valence-corrected chi connectivity index (χ0v) is 11.1. The van der Waals surface area contributed by atoms with E-state index in [1.165, 1.54) is 7.05 Å². The Labute approximate surface area is 102 Å². The van der Waals surface area contributed by atoms with Crippen LogP contribution in [0.2, 0.25) is 0 Å². The lowest BCUT2D eigenvalue weighted by Gasteiger charge is -2.08. The van der Waals surface area contributed by atoms with Gasteiger partial charge in [-0.15, -0.1) is 0 Å². The van der Waals surface area contributed by atoms with E-state index < -0.39 is 10.0 Å². The first-order valence-electron chi connectivity index (χ1n) is 5.70. The topological polar surface area (TPSA) is 76.0 Å². The zero-order chi connectivity index (χ0) is 12.7. The number of hydrogen-bond donors (Lipinski definition) is 2. The van der Waals surface area contributed by atoms with Gasteiger partial charge in [0.15, 0.2) is 0 Å². The first kappa shape index (κ1) is 14.1. The molecule has 0 atom stereocenters. The summed E-state index contributed by atoms with van der Waals surface area (Å²) in [7, 11) is -1.69. The summed E-state index contributed by atoms with van der Waals surface area (Å²) in [5.41, 5.74) is 1.08. The van der Waals surface area contributed by atoms with Crippen LogP contribution >= 0.6 is 0 Å². The molecule has 1 rings (SSSR count). The van der Waals surface area contributed by atoms with Crippen molar-refractivity contribution in [3.8, 4) is 0 Å².